The van der Waals surface area contributed by atoms with Crippen LogP contribution >= 0.6 is 28.1 Å². The van der Waals surface area contributed by atoms with Gasteiger partial charge >= 0.3 is 11.7 Å². The molecule has 0 aliphatic rings. The molecule has 2 heterocycles. The zero-order valence-electron chi connectivity index (χ0n) is 18.2. The van der Waals surface area contributed by atoms with Crippen molar-refractivity contribution in [1.29, 1.82) is 0 Å². The Morgan fingerprint density at radius 2 is 2.00 bits per heavy atom. The number of ether oxygens (including phenoxy) is 2. The third-order valence-electron chi connectivity index (χ3n) is 4.51. The van der Waals surface area contributed by atoms with Crippen LogP contribution in [0.25, 0.3) is 0 Å². The lowest BCUT2D eigenvalue weighted by Crippen LogP contribution is -2.47. The van der Waals surface area contributed by atoms with Gasteiger partial charge in [-0.3, -0.25) is 15.6 Å². The normalized spacial score (nSPS) is 10.4. The van der Waals surface area contributed by atoms with Crippen molar-refractivity contribution in [3.63, 3.8) is 0 Å². The molecule has 0 fully saturated rings. The number of nitrogens with one attached hydrogen (secondary N) is 3. The first kappa shape index (κ1) is 25.0. The highest BCUT2D eigenvalue weighted by Gasteiger charge is 2.20. The second-order valence-corrected chi connectivity index (χ2v) is 8.06. The number of thiocarbonyl (C=S) groups is 1. The fourth-order valence-corrected chi connectivity index (χ4v) is 3.53. The van der Waals surface area contributed by atoms with Crippen molar-refractivity contribution in [2.45, 2.75) is 13.0 Å². The molecule has 0 saturated carbocycles. The molecule has 12 nitrogen and oxygen atoms in total. The maximum Gasteiger partial charge on any atom is 0.404 e. The van der Waals surface area contributed by atoms with Crippen LogP contribution in [0.5, 0.6) is 11.5 Å². The van der Waals surface area contributed by atoms with Gasteiger partial charge in [0.15, 0.2) is 22.4 Å². The van der Waals surface area contributed by atoms with Gasteiger partial charge in [0.05, 0.1) is 25.5 Å². The summed E-state index contributed by atoms with van der Waals surface area (Å²) < 4.78 is 17.6. The first-order valence-electron chi connectivity index (χ1n) is 9.82. The van der Waals surface area contributed by atoms with Crippen molar-refractivity contribution in [2.24, 2.45) is 0 Å². The van der Waals surface area contributed by atoms with Crippen LogP contribution < -0.4 is 25.6 Å². The summed E-state index contributed by atoms with van der Waals surface area (Å²) in [6.07, 6.45) is 2.12. The molecular weight excluding hydrogens is 532 g/mol. The third kappa shape index (κ3) is 6.45. The van der Waals surface area contributed by atoms with Gasteiger partial charge in [0, 0.05) is 6.54 Å². The fraction of sp³-hybridized carbons (Fsp3) is 0.250. The molecule has 0 bridgehead atoms. The summed E-state index contributed by atoms with van der Waals surface area (Å²) in [6.45, 7) is 0.636. The number of nitro groups is 1. The highest BCUT2D eigenvalue weighted by Crippen LogP contribution is 2.27. The van der Waals surface area contributed by atoms with Crippen LogP contribution in [-0.2, 0) is 13.0 Å². The van der Waals surface area contributed by atoms with Gasteiger partial charge in [-0.25, -0.2) is 0 Å². The van der Waals surface area contributed by atoms with Gasteiger partial charge in [0.1, 0.15) is 16.8 Å². The molecule has 3 N–H and O–H groups in total. The predicted molar refractivity (Wildman–Crippen MR) is 129 cm³/mol. The number of halogens is 1. The van der Waals surface area contributed by atoms with E-state index >= 15 is 0 Å². The number of hydrogen-bond acceptors (Lipinski definition) is 8. The van der Waals surface area contributed by atoms with Crippen molar-refractivity contribution in [2.75, 3.05) is 20.8 Å². The maximum absolute atomic E-state index is 12.3. The Bertz CT molecular complexity index is 1200. The quantitative estimate of drug-likeness (QED) is 0.205. The number of nitrogens with zero attached hydrogens (tertiary/aromatic N) is 3. The molecule has 0 spiro atoms. The summed E-state index contributed by atoms with van der Waals surface area (Å²) >= 11 is 8.25. The molecule has 0 aliphatic heterocycles. The summed E-state index contributed by atoms with van der Waals surface area (Å²) in [5.74, 6) is 0.883. The van der Waals surface area contributed by atoms with E-state index in [0.717, 1.165) is 5.56 Å². The van der Waals surface area contributed by atoms with Crippen LogP contribution in [0.15, 0.2) is 45.4 Å². The van der Waals surface area contributed by atoms with Gasteiger partial charge in [-0.05, 0) is 69.3 Å². The molecule has 180 valence electrons. The first-order chi connectivity index (χ1) is 16.3. The molecule has 0 aliphatic carbocycles. The lowest BCUT2D eigenvalue weighted by Gasteiger charge is -2.12. The van der Waals surface area contributed by atoms with Crippen molar-refractivity contribution in [3.05, 3.63) is 68.2 Å². The summed E-state index contributed by atoms with van der Waals surface area (Å²) in [7, 11) is 3.15. The topological polar surface area (TPSA) is 146 Å². The lowest BCUT2D eigenvalue weighted by molar-refractivity contribution is -0.390. The molecule has 1 aromatic carbocycles. The van der Waals surface area contributed by atoms with Gasteiger partial charge in [-0.2, -0.15) is 4.68 Å². The predicted octanol–water partition coefficient (Wildman–Crippen LogP) is 2.56. The van der Waals surface area contributed by atoms with Gasteiger partial charge in [-0.1, -0.05) is 6.07 Å². The van der Waals surface area contributed by atoms with E-state index in [4.69, 9.17) is 26.1 Å². The zero-order valence-corrected chi connectivity index (χ0v) is 20.6. The summed E-state index contributed by atoms with van der Waals surface area (Å²) in [5, 5.41) is 18.0. The van der Waals surface area contributed by atoms with Crippen LogP contribution in [0, 0.1) is 10.1 Å². The Balaban J connectivity index is 1.44. The number of hydrazine groups is 1. The van der Waals surface area contributed by atoms with Gasteiger partial charge in [-0.15, -0.1) is 0 Å². The molecule has 0 radical (unpaired) electrons. The van der Waals surface area contributed by atoms with Gasteiger partial charge in [0.25, 0.3) is 0 Å². The second-order valence-electron chi connectivity index (χ2n) is 6.80. The largest absolute Gasteiger partial charge is 0.493 e. The van der Waals surface area contributed by atoms with Crippen LogP contribution in [0.3, 0.4) is 0 Å². The highest BCUT2D eigenvalue weighted by atomic mass is 79.9. The van der Waals surface area contributed by atoms with E-state index in [1.807, 2.05) is 18.2 Å². The highest BCUT2D eigenvalue weighted by molar-refractivity contribution is 9.10. The Kier molecular flexibility index (Phi) is 8.43. The van der Waals surface area contributed by atoms with E-state index in [0.29, 0.717) is 30.2 Å². The molecule has 0 unspecified atom stereocenters. The maximum atomic E-state index is 12.3. The second kappa shape index (κ2) is 11.5. The minimum Gasteiger partial charge on any atom is -0.493 e. The zero-order chi connectivity index (χ0) is 24.7. The van der Waals surface area contributed by atoms with E-state index in [2.05, 4.69) is 37.2 Å². The molecule has 0 atom stereocenters. The molecule has 14 heteroatoms. The average Bonchev–Trinajstić information content (AvgIpc) is 3.43. The monoisotopic (exact) mass is 552 g/mol. The SMILES string of the molecule is COc1ccc(CCNC(=S)NNC(=O)c2ccc(Cn3cc(Br)c([N+](=O)[O-])n3)o2)cc1OC. The van der Waals surface area contributed by atoms with E-state index in [1.165, 1.54) is 16.9 Å². The number of benzene rings is 1. The molecule has 3 rings (SSSR count). The number of aromatic nitrogens is 2. The Hall–Kier alpha value is -3.65. The Morgan fingerprint density at radius 3 is 2.68 bits per heavy atom. The number of carbonyl (C=O) groups excluding carboxylic acids is 1. The van der Waals surface area contributed by atoms with Gasteiger partial charge in [0.2, 0.25) is 0 Å². The number of furan rings is 1. The van der Waals surface area contributed by atoms with Crippen LogP contribution in [0.1, 0.15) is 21.9 Å². The average molecular weight is 553 g/mol. The number of amides is 1. The van der Waals surface area contributed by atoms with Gasteiger partial charge < -0.3 is 29.3 Å². The number of rotatable bonds is 9. The van der Waals surface area contributed by atoms with E-state index in [1.54, 1.807) is 20.3 Å². The van der Waals surface area contributed by atoms with Crippen molar-refractivity contribution < 1.29 is 23.6 Å². The van der Waals surface area contributed by atoms with Crippen LogP contribution in [-0.4, -0.2) is 46.5 Å². The van der Waals surface area contributed by atoms with Crippen molar-refractivity contribution in [1.82, 2.24) is 25.9 Å². The Morgan fingerprint density at radius 1 is 1.24 bits per heavy atom. The summed E-state index contributed by atoms with van der Waals surface area (Å²) in [6, 6.07) is 8.70. The van der Waals surface area contributed by atoms with Crippen molar-refractivity contribution in [3.8, 4) is 11.5 Å². The first-order valence-corrected chi connectivity index (χ1v) is 11.0. The summed E-state index contributed by atoms with van der Waals surface area (Å²) in [5.41, 5.74) is 6.07. The fourth-order valence-electron chi connectivity index (χ4n) is 2.91. The molecule has 1 amide bonds. The van der Waals surface area contributed by atoms with Crippen LogP contribution in [0.4, 0.5) is 5.82 Å². The standard InChI is InChI=1S/C20H21BrN6O6S/c1-31-15-5-3-12(9-17(15)32-2)7-8-22-20(34)24-23-19(28)16-6-4-13(33-16)10-26-11-14(21)18(25-26)27(29)30/h3-6,9,11H,7-8,10H2,1-2H3,(H,23,28)(H2,22,24,34). The van der Waals surface area contributed by atoms with E-state index < -0.39 is 10.8 Å². The minimum atomic E-state index is -0.599. The number of carbonyl (C=O) groups is 1. The third-order valence-corrected chi connectivity index (χ3v) is 5.32. The minimum absolute atomic E-state index is 0.0383. The Labute approximate surface area is 207 Å². The molecule has 3 aromatic rings. The smallest absolute Gasteiger partial charge is 0.404 e. The number of methoxy groups -OCH3 is 2. The van der Waals surface area contributed by atoms with Crippen molar-refractivity contribution >= 4 is 45.0 Å². The lowest BCUT2D eigenvalue weighted by atomic mass is 10.1. The number of hydrogen-bond donors (Lipinski definition) is 3. The van der Waals surface area contributed by atoms with E-state index in [9.17, 15) is 14.9 Å². The molecule has 0 saturated heterocycles. The molecule has 2 aromatic heterocycles. The molecular formula is C20H21BrN6O6S. The summed E-state index contributed by atoms with van der Waals surface area (Å²) in [4.78, 5) is 22.6. The van der Waals surface area contributed by atoms with Crippen LogP contribution in [0.2, 0.25) is 0 Å². The van der Waals surface area contributed by atoms with E-state index in [-0.39, 0.29) is 27.7 Å². The molecule has 34 heavy (non-hydrogen) atoms.